The summed E-state index contributed by atoms with van der Waals surface area (Å²) in [5, 5.41) is 12.3. The highest BCUT2D eigenvalue weighted by Crippen LogP contribution is 2.50. The van der Waals surface area contributed by atoms with E-state index in [1.54, 1.807) is 6.07 Å². The molecule has 0 saturated carbocycles. The van der Waals surface area contributed by atoms with Gasteiger partial charge in [0.05, 0.1) is 23.4 Å². The van der Waals surface area contributed by atoms with Gasteiger partial charge < -0.3 is 19.6 Å². The molecule has 0 amide bonds. The van der Waals surface area contributed by atoms with Crippen molar-refractivity contribution in [3.05, 3.63) is 53.6 Å². The molecule has 0 saturated heterocycles. The first-order chi connectivity index (χ1) is 20.1. The van der Waals surface area contributed by atoms with Crippen LogP contribution >= 0.6 is 0 Å². The Labute approximate surface area is 256 Å². The van der Waals surface area contributed by atoms with Crippen LogP contribution in [0.25, 0.3) is 0 Å². The highest BCUT2D eigenvalue weighted by Gasteiger charge is 2.49. The van der Waals surface area contributed by atoms with Gasteiger partial charge in [-0.15, -0.1) is 0 Å². The van der Waals surface area contributed by atoms with Gasteiger partial charge in [0.25, 0.3) is 0 Å². The minimum Gasteiger partial charge on any atom is -0.494 e. The van der Waals surface area contributed by atoms with Gasteiger partial charge in [-0.25, -0.2) is 8.42 Å². The van der Waals surface area contributed by atoms with Gasteiger partial charge in [-0.2, -0.15) is 0 Å². The van der Waals surface area contributed by atoms with Crippen LogP contribution < -0.4 is 9.64 Å². The van der Waals surface area contributed by atoms with Crippen LogP contribution in [-0.4, -0.2) is 70.6 Å². The predicted octanol–water partition coefficient (Wildman–Crippen LogP) is 7.29. The van der Waals surface area contributed by atoms with E-state index in [2.05, 4.69) is 32.6 Å². The molecule has 0 aromatic heterocycles. The van der Waals surface area contributed by atoms with Crippen molar-refractivity contribution in [3.63, 3.8) is 0 Å². The van der Waals surface area contributed by atoms with Crippen molar-refractivity contribution >= 4 is 15.5 Å². The third kappa shape index (κ3) is 8.51. The fourth-order valence-corrected chi connectivity index (χ4v) is 8.70. The van der Waals surface area contributed by atoms with Gasteiger partial charge >= 0.3 is 0 Å². The van der Waals surface area contributed by atoms with E-state index in [-0.39, 0.29) is 5.75 Å². The summed E-state index contributed by atoms with van der Waals surface area (Å²) in [7, 11) is 0.312. The first-order valence-electron chi connectivity index (χ1n) is 16.3. The Morgan fingerprint density at radius 3 is 2.10 bits per heavy atom. The molecule has 0 unspecified atom stereocenters. The minimum absolute atomic E-state index is 0.0125. The number of aliphatic hydroxyl groups is 1. The molecule has 42 heavy (non-hydrogen) atoms. The number of unbranched alkanes of at least 4 members (excludes halogenated alkanes) is 4. The van der Waals surface area contributed by atoms with E-state index in [4.69, 9.17) is 4.74 Å². The van der Waals surface area contributed by atoms with Crippen LogP contribution in [-0.2, 0) is 9.84 Å². The fourth-order valence-electron chi connectivity index (χ4n) is 6.51. The second-order valence-corrected chi connectivity index (χ2v) is 14.3. The minimum atomic E-state index is -3.61. The lowest BCUT2D eigenvalue weighted by Crippen LogP contribution is -2.43. The topological polar surface area (TPSA) is 70.1 Å². The first-order valence-corrected chi connectivity index (χ1v) is 17.9. The molecular formula is C35H56N2O4S. The summed E-state index contributed by atoms with van der Waals surface area (Å²) in [4.78, 5) is 4.80. The molecular weight excluding hydrogens is 544 g/mol. The Balaban J connectivity index is 1.92. The molecule has 1 aliphatic rings. The molecule has 1 heterocycles. The normalized spacial score (nSPS) is 19.3. The van der Waals surface area contributed by atoms with Crippen molar-refractivity contribution in [2.24, 2.45) is 5.41 Å². The van der Waals surface area contributed by atoms with Crippen molar-refractivity contribution in [1.82, 2.24) is 4.90 Å². The lowest BCUT2D eigenvalue weighted by Gasteiger charge is -2.40. The third-order valence-electron chi connectivity index (χ3n) is 9.18. The first kappa shape index (κ1) is 34.4. The molecule has 0 bridgehead atoms. The van der Waals surface area contributed by atoms with Crippen molar-refractivity contribution < 1.29 is 18.3 Å². The highest BCUT2D eigenvalue weighted by atomic mass is 32.2. The summed E-state index contributed by atoms with van der Waals surface area (Å²) in [6, 6.07) is 13.6. The van der Waals surface area contributed by atoms with Crippen LogP contribution in [0.5, 0.6) is 5.75 Å². The Kier molecular flexibility index (Phi) is 13.2. The number of hydrogen-bond donors (Lipinski definition) is 1. The van der Waals surface area contributed by atoms with Gasteiger partial charge in [0.1, 0.15) is 5.75 Å². The molecule has 2 aromatic carbocycles. The molecule has 2 atom stereocenters. The highest BCUT2D eigenvalue weighted by molar-refractivity contribution is 7.91. The maximum Gasteiger partial charge on any atom is 0.179 e. The zero-order valence-electron chi connectivity index (χ0n) is 27.1. The summed E-state index contributed by atoms with van der Waals surface area (Å²) < 4.78 is 34.1. The van der Waals surface area contributed by atoms with E-state index in [1.807, 2.05) is 55.4 Å². The molecule has 2 aromatic rings. The Morgan fingerprint density at radius 2 is 1.52 bits per heavy atom. The van der Waals surface area contributed by atoms with Gasteiger partial charge in [0.2, 0.25) is 0 Å². The fraction of sp³-hybridized carbons (Fsp3) is 0.657. The maximum absolute atomic E-state index is 14.0. The zero-order valence-corrected chi connectivity index (χ0v) is 27.9. The summed E-state index contributed by atoms with van der Waals surface area (Å²) in [6.07, 6.45) is 7.62. The standard InChI is InChI=1S/C35H56N2O4S/c1-7-11-22-35(23-12-8-2)27-42(39,40)32-21-18-29(36(5)6)26-31(32)33(34(35)38)28-16-19-30(20-17-28)41-25-15-13-14-24-37(9-3)10-4/h16-21,26,33-34,38H,7-15,22-25,27H2,1-6H3/t33-,34-/m1/s1. The molecule has 7 heteroatoms. The molecule has 0 radical (unpaired) electrons. The van der Waals surface area contributed by atoms with Crippen molar-refractivity contribution in [2.75, 3.05) is 51.0 Å². The average Bonchev–Trinajstić information content (AvgIpc) is 3.05. The van der Waals surface area contributed by atoms with Crippen LogP contribution in [0.3, 0.4) is 0 Å². The van der Waals surface area contributed by atoms with Crippen molar-refractivity contribution in [1.29, 1.82) is 0 Å². The molecule has 0 fully saturated rings. The molecule has 1 aliphatic heterocycles. The van der Waals surface area contributed by atoms with Crippen molar-refractivity contribution in [3.8, 4) is 5.75 Å². The number of anilines is 1. The van der Waals surface area contributed by atoms with Crippen molar-refractivity contribution in [2.45, 2.75) is 102 Å². The quantitative estimate of drug-likeness (QED) is 0.192. The van der Waals surface area contributed by atoms with Crippen LogP contribution in [0.15, 0.2) is 47.4 Å². The lowest BCUT2D eigenvalue weighted by molar-refractivity contribution is 0.0127. The molecule has 0 spiro atoms. The summed E-state index contributed by atoms with van der Waals surface area (Å²) in [5.74, 6) is 0.352. The number of ether oxygens (including phenoxy) is 1. The Bertz CT molecular complexity index is 1180. The molecule has 0 aliphatic carbocycles. The number of nitrogens with zero attached hydrogens (tertiary/aromatic N) is 2. The largest absolute Gasteiger partial charge is 0.494 e. The second-order valence-electron chi connectivity index (χ2n) is 12.4. The molecule has 6 nitrogen and oxygen atoms in total. The summed E-state index contributed by atoms with van der Waals surface area (Å²) in [6.45, 7) is 12.7. The van der Waals surface area contributed by atoms with Crippen LogP contribution in [0.2, 0.25) is 0 Å². The van der Waals surface area contributed by atoms with Crippen LogP contribution in [0, 0.1) is 5.41 Å². The second kappa shape index (κ2) is 16.1. The van der Waals surface area contributed by atoms with E-state index >= 15 is 0 Å². The monoisotopic (exact) mass is 600 g/mol. The SMILES string of the molecule is CCCCC1(CCCC)CS(=O)(=O)c2ccc(N(C)C)cc2[C@@H](c2ccc(OCCCCCN(CC)CC)cc2)[C@H]1O. The number of hydrogen-bond acceptors (Lipinski definition) is 6. The van der Waals surface area contributed by atoms with E-state index < -0.39 is 27.3 Å². The lowest BCUT2D eigenvalue weighted by atomic mass is 9.68. The van der Waals surface area contributed by atoms with Gasteiger partial charge in [-0.3, -0.25) is 0 Å². The van der Waals surface area contributed by atoms with E-state index in [0.717, 1.165) is 75.2 Å². The van der Waals surface area contributed by atoms with Crippen LogP contribution in [0.4, 0.5) is 5.69 Å². The third-order valence-corrected chi connectivity index (χ3v) is 11.2. The van der Waals surface area contributed by atoms with Gasteiger partial charge in [-0.1, -0.05) is 65.5 Å². The van der Waals surface area contributed by atoms with Gasteiger partial charge in [-0.05, 0) is 93.2 Å². The van der Waals surface area contributed by atoms with E-state index in [1.165, 1.54) is 6.42 Å². The summed E-state index contributed by atoms with van der Waals surface area (Å²) >= 11 is 0. The molecule has 3 rings (SSSR count). The van der Waals surface area contributed by atoms with Crippen LogP contribution in [0.1, 0.15) is 103 Å². The smallest absolute Gasteiger partial charge is 0.179 e. The number of sulfone groups is 1. The Morgan fingerprint density at radius 1 is 0.881 bits per heavy atom. The van der Waals surface area contributed by atoms with Gasteiger partial charge in [0, 0.05) is 31.1 Å². The number of rotatable bonds is 17. The van der Waals surface area contributed by atoms with Gasteiger partial charge in [0.15, 0.2) is 9.84 Å². The molecule has 236 valence electrons. The average molecular weight is 601 g/mol. The zero-order chi connectivity index (χ0) is 30.8. The Hall–Kier alpha value is -2.09. The number of fused-ring (bicyclic) bond motifs is 1. The summed E-state index contributed by atoms with van der Waals surface area (Å²) in [5.41, 5.74) is 1.86. The number of benzene rings is 2. The maximum atomic E-state index is 14.0. The molecule has 1 N–H and O–H groups in total. The number of aliphatic hydroxyl groups excluding tert-OH is 1. The predicted molar refractivity (Wildman–Crippen MR) is 176 cm³/mol. The van der Waals surface area contributed by atoms with E-state index in [0.29, 0.717) is 29.9 Å². The van der Waals surface area contributed by atoms with E-state index in [9.17, 15) is 13.5 Å².